The van der Waals surface area contributed by atoms with Gasteiger partial charge in [-0.25, -0.2) is 0 Å². The molecule has 29 heavy (non-hydrogen) atoms. The molecular weight excluding hydrogens is 384 g/mol. The van der Waals surface area contributed by atoms with Gasteiger partial charge in [0.2, 0.25) is 17.7 Å². The molecule has 0 aromatic carbocycles. The molecule has 0 aliphatic carbocycles. The molecule has 0 saturated carbocycles. The minimum atomic E-state index is -1.47. The fourth-order valence-corrected chi connectivity index (χ4v) is 3.02. The first kappa shape index (κ1) is 24.3. The van der Waals surface area contributed by atoms with Crippen molar-refractivity contribution in [1.82, 2.24) is 15.5 Å². The van der Waals surface area contributed by atoms with Gasteiger partial charge < -0.3 is 31.5 Å². The molecule has 1 aliphatic rings. The smallest absolute Gasteiger partial charge is 0.325 e. The van der Waals surface area contributed by atoms with Crippen molar-refractivity contribution in [1.29, 1.82) is 0 Å². The van der Waals surface area contributed by atoms with Crippen molar-refractivity contribution in [3.05, 3.63) is 0 Å². The molecule has 1 aliphatic heterocycles. The second-order valence-electron chi connectivity index (χ2n) is 7.33. The van der Waals surface area contributed by atoms with Crippen LogP contribution in [0.4, 0.5) is 0 Å². The largest absolute Gasteiger partial charge is 0.481 e. The Kier molecular flexibility index (Phi) is 9.02. The summed E-state index contributed by atoms with van der Waals surface area (Å²) < 4.78 is 0. The number of hydrogen-bond donors (Lipinski definition) is 5. The number of nitrogens with zero attached hydrogens (tertiary/aromatic N) is 1. The van der Waals surface area contributed by atoms with E-state index in [4.69, 9.17) is 15.9 Å². The molecule has 5 unspecified atom stereocenters. The normalized spacial score (nSPS) is 20.3. The third kappa shape index (κ3) is 6.70. The molecule has 11 nitrogen and oxygen atoms in total. The van der Waals surface area contributed by atoms with E-state index in [1.54, 1.807) is 0 Å². The average Bonchev–Trinajstić information content (AvgIpc) is 3.14. The Morgan fingerprint density at radius 1 is 1.14 bits per heavy atom. The van der Waals surface area contributed by atoms with Crippen LogP contribution >= 0.6 is 0 Å². The second-order valence-corrected chi connectivity index (χ2v) is 7.33. The fourth-order valence-electron chi connectivity index (χ4n) is 3.02. The lowest BCUT2D eigenvalue weighted by molar-refractivity contribution is -0.144. The molecule has 3 amide bonds. The number of carboxylic acid groups (broad SMARTS) is 2. The highest BCUT2D eigenvalue weighted by atomic mass is 16.4. The molecule has 0 bridgehead atoms. The minimum Gasteiger partial charge on any atom is -0.481 e. The summed E-state index contributed by atoms with van der Waals surface area (Å²) in [6, 6.07) is -4.35. The number of nitrogens with one attached hydrogen (secondary N) is 2. The maximum absolute atomic E-state index is 12.7. The van der Waals surface area contributed by atoms with Gasteiger partial charge in [-0.1, -0.05) is 20.3 Å². The molecule has 5 atom stereocenters. The summed E-state index contributed by atoms with van der Waals surface area (Å²) in [6.07, 6.45) is 0.901. The van der Waals surface area contributed by atoms with Crippen LogP contribution in [0.2, 0.25) is 0 Å². The first-order valence-corrected chi connectivity index (χ1v) is 9.60. The number of likely N-dealkylation sites (tertiary alicyclic amines) is 1. The Hall–Kier alpha value is -2.69. The molecule has 11 heteroatoms. The SMILES string of the molecule is CCC(C)C(N)C(=O)N1CCCC1C(=O)NC(CC(=O)O)C(=O)NC(C)C(=O)O. The molecule has 0 aromatic rings. The number of rotatable bonds is 10. The third-order valence-corrected chi connectivity index (χ3v) is 5.12. The van der Waals surface area contributed by atoms with E-state index in [2.05, 4.69) is 10.6 Å². The summed E-state index contributed by atoms with van der Waals surface area (Å²) in [5.74, 6) is -4.68. The standard InChI is InChI=1S/C18H30N4O7/c1-4-9(2)14(19)17(27)22-7-5-6-12(22)16(26)21-11(8-13(23)24)15(25)20-10(3)18(28)29/h9-12,14H,4-8,19H2,1-3H3,(H,20,25)(H,21,26)(H,23,24)(H,28,29). The van der Waals surface area contributed by atoms with E-state index in [1.165, 1.54) is 11.8 Å². The van der Waals surface area contributed by atoms with Gasteiger partial charge in [-0.2, -0.15) is 0 Å². The minimum absolute atomic E-state index is 0.0742. The van der Waals surface area contributed by atoms with Gasteiger partial charge in [-0.15, -0.1) is 0 Å². The maximum atomic E-state index is 12.7. The lowest BCUT2D eigenvalue weighted by Gasteiger charge is -2.29. The van der Waals surface area contributed by atoms with Gasteiger partial charge in [0.1, 0.15) is 18.1 Å². The Bertz CT molecular complexity index is 654. The maximum Gasteiger partial charge on any atom is 0.325 e. The summed E-state index contributed by atoms with van der Waals surface area (Å²) in [7, 11) is 0. The number of carbonyl (C=O) groups excluding carboxylic acids is 3. The van der Waals surface area contributed by atoms with Gasteiger partial charge in [-0.3, -0.25) is 24.0 Å². The van der Waals surface area contributed by atoms with Crippen molar-refractivity contribution < 1.29 is 34.2 Å². The molecule has 6 N–H and O–H groups in total. The van der Waals surface area contributed by atoms with Crippen LogP contribution < -0.4 is 16.4 Å². The molecule has 1 rings (SSSR count). The number of amides is 3. The summed E-state index contributed by atoms with van der Waals surface area (Å²) in [5, 5.41) is 22.4. The predicted octanol–water partition coefficient (Wildman–Crippen LogP) is -1.10. The van der Waals surface area contributed by atoms with Gasteiger partial charge in [0.15, 0.2) is 0 Å². The molecule has 1 saturated heterocycles. The van der Waals surface area contributed by atoms with Crippen LogP contribution in [0, 0.1) is 5.92 Å². The highest BCUT2D eigenvalue weighted by Crippen LogP contribution is 2.20. The van der Waals surface area contributed by atoms with E-state index >= 15 is 0 Å². The third-order valence-electron chi connectivity index (χ3n) is 5.12. The van der Waals surface area contributed by atoms with E-state index in [0.29, 0.717) is 25.8 Å². The highest BCUT2D eigenvalue weighted by molar-refractivity contribution is 5.95. The van der Waals surface area contributed by atoms with Crippen molar-refractivity contribution in [2.24, 2.45) is 11.7 Å². The molecule has 0 aromatic heterocycles. The van der Waals surface area contributed by atoms with Crippen molar-refractivity contribution in [2.75, 3.05) is 6.54 Å². The monoisotopic (exact) mass is 414 g/mol. The fraction of sp³-hybridized carbons (Fsp3) is 0.722. The van der Waals surface area contributed by atoms with Crippen LogP contribution in [-0.2, 0) is 24.0 Å². The Morgan fingerprint density at radius 2 is 1.76 bits per heavy atom. The lowest BCUT2D eigenvalue weighted by Crippen LogP contribution is -2.57. The van der Waals surface area contributed by atoms with E-state index < -0.39 is 54.3 Å². The van der Waals surface area contributed by atoms with E-state index in [-0.39, 0.29) is 11.8 Å². The second kappa shape index (κ2) is 10.7. The summed E-state index contributed by atoms with van der Waals surface area (Å²) in [6.45, 7) is 5.30. The van der Waals surface area contributed by atoms with Crippen LogP contribution in [-0.4, -0.2) is 75.5 Å². The number of hydrogen-bond acceptors (Lipinski definition) is 6. The van der Waals surface area contributed by atoms with Crippen molar-refractivity contribution in [3.8, 4) is 0 Å². The Balaban J connectivity index is 2.89. The zero-order chi connectivity index (χ0) is 22.3. The predicted molar refractivity (Wildman–Crippen MR) is 102 cm³/mol. The molecule has 0 radical (unpaired) electrons. The quantitative estimate of drug-likeness (QED) is 0.299. The Morgan fingerprint density at radius 3 is 2.28 bits per heavy atom. The van der Waals surface area contributed by atoms with Crippen LogP contribution in [0.15, 0.2) is 0 Å². The zero-order valence-electron chi connectivity index (χ0n) is 16.9. The van der Waals surface area contributed by atoms with Gasteiger partial charge in [0.25, 0.3) is 0 Å². The first-order valence-electron chi connectivity index (χ1n) is 9.60. The summed E-state index contributed by atoms with van der Waals surface area (Å²) in [5.41, 5.74) is 5.99. The number of nitrogens with two attached hydrogens (primary N) is 1. The van der Waals surface area contributed by atoms with Gasteiger partial charge in [0, 0.05) is 6.54 Å². The van der Waals surface area contributed by atoms with E-state index in [9.17, 15) is 24.0 Å². The molecular formula is C18H30N4O7. The van der Waals surface area contributed by atoms with Crippen molar-refractivity contribution in [3.63, 3.8) is 0 Å². The zero-order valence-corrected chi connectivity index (χ0v) is 16.9. The van der Waals surface area contributed by atoms with Crippen LogP contribution in [0.25, 0.3) is 0 Å². The molecule has 1 heterocycles. The average molecular weight is 414 g/mol. The van der Waals surface area contributed by atoms with Crippen LogP contribution in [0.3, 0.4) is 0 Å². The Labute approximate surface area is 169 Å². The van der Waals surface area contributed by atoms with Gasteiger partial charge in [0.05, 0.1) is 12.5 Å². The highest BCUT2D eigenvalue weighted by Gasteiger charge is 2.38. The molecule has 0 spiro atoms. The first-order chi connectivity index (χ1) is 13.5. The molecule has 164 valence electrons. The van der Waals surface area contributed by atoms with Gasteiger partial charge in [-0.05, 0) is 25.7 Å². The van der Waals surface area contributed by atoms with E-state index in [1.807, 2.05) is 13.8 Å². The number of carboxylic acids is 2. The van der Waals surface area contributed by atoms with Crippen LogP contribution in [0.1, 0.15) is 46.5 Å². The molecule has 1 fully saturated rings. The lowest BCUT2D eigenvalue weighted by atomic mass is 9.98. The summed E-state index contributed by atoms with van der Waals surface area (Å²) >= 11 is 0. The van der Waals surface area contributed by atoms with E-state index in [0.717, 1.165) is 0 Å². The van der Waals surface area contributed by atoms with Crippen molar-refractivity contribution >= 4 is 29.7 Å². The van der Waals surface area contributed by atoms with Crippen LogP contribution in [0.5, 0.6) is 0 Å². The van der Waals surface area contributed by atoms with Crippen molar-refractivity contribution in [2.45, 2.75) is 70.6 Å². The summed E-state index contributed by atoms with van der Waals surface area (Å²) in [4.78, 5) is 60.9. The number of carbonyl (C=O) groups is 5. The number of aliphatic carboxylic acids is 2. The topological polar surface area (TPSA) is 179 Å². The van der Waals surface area contributed by atoms with Gasteiger partial charge >= 0.3 is 11.9 Å².